The van der Waals surface area contributed by atoms with E-state index in [4.69, 9.17) is 11.6 Å². The Morgan fingerprint density at radius 2 is 1.83 bits per heavy atom. The molecule has 3 nitrogen and oxygen atoms in total. The number of anilines is 1. The molecule has 128 valence electrons. The first kappa shape index (κ1) is 18.3. The van der Waals surface area contributed by atoms with E-state index in [9.17, 15) is 4.79 Å². The van der Waals surface area contributed by atoms with Gasteiger partial charge in [0.25, 0.3) is 5.91 Å². The number of hydrogen-bond acceptors (Lipinski definition) is 2. The number of hydrogen-bond donors (Lipinski definition) is 2. The van der Waals surface area contributed by atoms with E-state index < -0.39 is 0 Å². The highest BCUT2D eigenvalue weighted by Crippen LogP contribution is 2.22. The van der Waals surface area contributed by atoms with Crippen LogP contribution in [0.4, 0.5) is 5.69 Å². The van der Waals surface area contributed by atoms with Crippen molar-refractivity contribution in [1.29, 1.82) is 0 Å². The molecule has 0 heterocycles. The minimum atomic E-state index is -0.116. The summed E-state index contributed by atoms with van der Waals surface area (Å²) in [6.07, 6.45) is 1.14. The van der Waals surface area contributed by atoms with Crippen LogP contribution in [0.2, 0.25) is 5.02 Å². The molecule has 1 atom stereocenters. The normalized spacial score (nSPS) is 11.8. The van der Waals surface area contributed by atoms with E-state index >= 15 is 0 Å². The third kappa shape index (κ3) is 4.75. The Kier molecular flexibility index (Phi) is 6.68. The van der Waals surface area contributed by atoms with Crippen LogP contribution in [0.15, 0.2) is 42.5 Å². The highest BCUT2D eigenvalue weighted by molar-refractivity contribution is 6.31. The summed E-state index contributed by atoms with van der Waals surface area (Å²) in [5.74, 6) is 0.460. The summed E-state index contributed by atoms with van der Waals surface area (Å²) in [7, 11) is 0. The van der Waals surface area contributed by atoms with E-state index in [1.807, 2.05) is 13.0 Å². The molecule has 0 spiro atoms. The van der Waals surface area contributed by atoms with E-state index in [0.717, 1.165) is 12.1 Å². The average molecular weight is 345 g/mol. The van der Waals surface area contributed by atoms with Gasteiger partial charge in [0.15, 0.2) is 0 Å². The Balaban J connectivity index is 2.10. The minimum Gasteiger partial charge on any atom is -0.380 e. The zero-order valence-electron chi connectivity index (χ0n) is 14.5. The molecule has 0 aliphatic heterocycles. The summed E-state index contributed by atoms with van der Waals surface area (Å²) in [6.45, 7) is 7.58. The summed E-state index contributed by atoms with van der Waals surface area (Å²) in [5, 5.41) is 6.71. The van der Waals surface area contributed by atoms with E-state index in [0.29, 0.717) is 29.6 Å². The van der Waals surface area contributed by atoms with Gasteiger partial charge in [-0.25, -0.2) is 0 Å². The lowest BCUT2D eigenvalue weighted by atomic mass is 9.97. The summed E-state index contributed by atoms with van der Waals surface area (Å²) >= 11 is 6.03. The highest BCUT2D eigenvalue weighted by atomic mass is 35.5. The summed E-state index contributed by atoms with van der Waals surface area (Å²) in [6, 6.07) is 14.0. The molecular weight excluding hydrogens is 320 g/mol. The second kappa shape index (κ2) is 8.74. The van der Waals surface area contributed by atoms with Crippen LogP contribution < -0.4 is 10.6 Å². The van der Waals surface area contributed by atoms with Crippen molar-refractivity contribution in [3.05, 3.63) is 64.2 Å². The summed E-state index contributed by atoms with van der Waals surface area (Å²) in [5.41, 5.74) is 3.89. The zero-order chi connectivity index (χ0) is 17.5. The maximum Gasteiger partial charge on any atom is 0.253 e. The van der Waals surface area contributed by atoms with Crippen molar-refractivity contribution in [3.8, 4) is 0 Å². The van der Waals surface area contributed by atoms with Gasteiger partial charge in [0.1, 0.15) is 0 Å². The number of benzene rings is 2. The first-order chi connectivity index (χ1) is 11.5. The number of rotatable bonds is 7. The predicted octanol–water partition coefficient (Wildman–Crippen LogP) is 5.22. The van der Waals surface area contributed by atoms with Crippen molar-refractivity contribution in [1.82, 2.24) is 5.32 Å². The lowest BCUT2D eigenvalue weighted by Gasteiger charge is -2.13. The number of carbonyl (C=O) groups excluding carboxylic acids is 1. The van der Waals surface area contributed by atoms with E-state index in [2.05, 4.69) is 48.7 Å². The molecule has 2 N–H and O–H groups in total. The van der Waals surface area contributed by atoms with E-state index in [1.165, 1.54) is 11.1 Å². The highest BCUT2D eigenvalue weighted by Gasteiger charge is 2.11. The lowest BCUT2D eigenvalue weighted by molar-refractivity contribution is 0.0956. The van der Waals surface area contributed by atoms with Gasteiger partial charge < -0.3 is 10.6 Å². The van der Waals surface area contributed by atoms with Crippen LogP contribution in [0.25, 0.3) is 0 Å². The van der Waals surface area contributed by atoms with Crippen LogP contribution in [0, 0.1) is 0 Å². The molecule has 2 aromatic rings. The number of carbonyl (C=O) groups is 1. The Labute approximate surface area is 149 Å². The molecule has 4 heteroatoms. The topological polar surface area (TPSA) is 41.1 Å². The Morgan fingerprint density at radius 3 is 2.46 bits per heavy atom. The van der Waals surface area contributed by atoms with Crippen molar-refractivity contribution in [2.24, 2.45) is 0 Å². The summed E-state index contributed by atoms with van der Waals surface area (Å²) < 4.78 is 0. The fourth-order valence-electron chi connectivity index (χ4n) is 2.51. The average Bonchev–Trinajstić information content (AvgIpc) is 2.60. The van der Waals surface area contributed by atoms with Gasteiger partial charge in [0.05, 0.1) is 5.56 Å². The SMILES string of the molecule is CCNC(=O)c1cc(Cl)ccc1NCc1ccc(C(C)CC)cc1. The monoisotopic (exact) mass is 344 g/mol. The smallest absolute Gasteiger partial charge is 0.253 e. The Bertz CT molecular complexity index is 683. The molecule has 0 aliphatic rings. The van der Waals surface area contributed by atoms with Crippen molar-refractivity contribution in [3.63, 3.8) is 0 Å². The van der Waals surface area contributed by atoms with Crippen LogP contribution in [0.1, 0.15) is 54.6 Å². The van der Waals surface area contributed by atoms with Crippen LogP contribution in [0.5, 0.6) is 0 Å². The minimum absolute atomic E-state index is 0.116. The third-order valence-electron chi connectivity index (χ3n) is 4.21. The van der Waals surface area contributed by atoms with E-state index in [1.54, 1.807) is 12.1 Å². The van der Waals surface area contributed by atoms with Gasteiger partial charge in [-0.15, -0.1) is 0 Å². The van der Waals surface area contributed by atoms with Crippen LogP contribution in [0.3, 0.4) is 0 Å². The molecule has 24 heavy (non-hydrogen) atoms. The number of nitrogens with one attached hydrogen (secondary N) is 2. The number of amides is 1. The quantitative estimate of drug-likeness (QED) is 0.723. The third-order valence-corrected chi connectivity index (χ3v) is 4.44. The fraction of sp³-hybridized carbons (Fsp3) is 0.350. The van der Waals surface area contributed by atoms with Gasteiger partial charge in [-0.1, -0.05) is 49.7 Å². The molecule has 0 aliphatic carbocycles. The predicted molar refractivity (Wildman–Crippen MR) is 102 cm³/mol. The second-order valence-electron chi connectivity index (χ2n) is 5.95. The molecule has 2 aromatic carbocycles. The fourth-order valence-corrected chi connectivity index (χ4v) is 2.68. The van der Waals surface area contributed by atoms with Crippen molar-refractivity contribution in [2.75, 3.05) is 11.9 Å². The Morgan fingerprint density at radius 1 is 1.12 bits per heavy atom. The van der Waals surface area contributed by atoms with Gasteiger partial charge in [0.2, 0.25) is 0 Å². The summed E-state index contributed by atoms with van der Waals surface area (Å²) in [4.78, 5) is 12.2. The van der Waals surface area contributed by atoms with Crippen molar-refractivity contribution in [2.45, 2.75) is 39.7 Å². The van der Waals surface area contributed by atoms with Gasteiger partial charge in [0, 0.05) is 23.8 Å². The largest absolute Gasteiger partial charge is 0.380 e. The Hall–Kier alpha value is -2.00. The molecule has 1 amide bonds. The van der Waals surface area contributed by atoms with Gasteiger partial charge in [-0.3, -0.25) is 4.79 Å². The molecule has 0 bridgehead atoms. The molecule has 0 saturated carbocycles. The molecule has 1 unspecified atom stereocenters. The van der Waals surface area contributed by atoms with Crippen molar-refractivity contribution >= 4 is 23.2 Å². The molecular formula is C20H25ClN2O. The second-order valence-corrected chi connectivity index (χ2v) is 6.39. The van der Waals surface area contributed by atoms with Gasteiger partial charge in [-0.05, 0) is 48.6 Å². The van der Waals surface area contributed by atoms with E-state index in [-0.39, 0.29) is 5.91 Å². The van der Waals surface area contributed by atoms with Crippen LogP contribution in [-0.2, 0) is 6.54 Å². The van der Waals surface area contributed by atoms with Gasteiger partial charge in [-0.2, -0.15) is 0 Å². The van der Waals surface area contributed by atoms with Crippen LogP contribution >= 0.6 is 11.6 Å². The maximum absolute atomic E-state index is 12.2. The molecule has 0 saturated heterocycles. The first-order valence-electron chi connectivity index (χ1n) is 8.45. The van der Waals surface area contributed by atoms with Crippen LogP contribution in [-0.4, -0.2) is 12.5 Å². The van der Waals surface area contributed by atoms with Crippen molar-refractivity contribution < 1.29 is 4.79 Å². The molecule has 2 rings (SSSR count). The van der Waals surface area contributed by atoms with Gasteiger partial charge >= 0.3 is 0 Å². The molecule has 0 radical (unpaired) electrons. The molecule has 0 fully saturated rings. The maximum atomic E-state index is 12.2. The lowest BCUT2D eigenvalue weighted by Crippen LogP contribution is -2.23. The molecule has 0 aromatic heterocycles. The number of halogens is 1. The standard InChI is InChI=1S/C20H25ClN2O/c1-4-14(3)16-8-6-15(7-9-16)13-23-19-11-10-17(21)12-18(19)20(24)22-5-2/h6-12,14,23H,4-5,13H2,1-3H3,(H,22,24). The first-order valence-corrected chi connectivity index (χ1v) is 8.83. The zero-order valence-corrected chi connectivity index (χ0v) is 15.3.